The summed E-state index contributed by atoms with van der Waals surface area (Å²) in [6.45, 7) is 0. The maximum atomic E-state index is 5.26. The Hall–Kier alpha value is -8.50. The minimum absolute atomic E-state index is 0.00530. The molecule has 10 aromatic carbocycles. The van der Waals surface area contributed by atoms with Crippen molar-refractivity contribution in [3.8, 4) is 55.6 Å². The molecule has 1 N–H and O–H groups in total. The maximum absolute atomic E-state index is 5.26. The Bertz CT molecular complexity index is 3220. The zero-order valence-corrected chi connectivity index (χ0v) is 37.0. The van der Waals surface area contributed by atoms with Crippen LogP contribution in [0.15, 0.2) is 273 Å². The summed E-state index contributed by atoms with van der Waals surface area (Å²) in [5.41, 5.74) is 19.6. The number of hydrogen-bond acceptors (Lipinski definition) is 2. The highest BCUT2D eigenvalue weighted by Crippen LogP contribution is 2.41. The standard InChI is InChI=1S/C64H48N3/c1-5-14-46(15-6-1)49-24-28-54(29-25-49)62-45-63(66-64(65-62)56-20-11-4-12-21-56)55-30-26-50(27-31-55)52-34-40-60(41-35-52)67(59-38-32-51(33-39-59)47-16-7-2-8-17-47)61-42-36-53(37-43-61)58-23-13-22-57(44-58)48-18-9-3-10-19-48/h1-45,62,64-65H/q-1. The predicted octanol–water partition coefficient (Wildman–Crippen LogP) is 17.2. The maximum Gasteiger partial charge on any atom is 0.0489 e. The van der Waals surface area contributed by atoms with Gasteiger partial charge in [-0.1, -0.05) is 231 Å². The molecule has 2 unspecified atom stereocenters. The van der Waals surface area contributed by atoms with Crippen molar-refractivity contribution < 1.29 is 0 Å². The van der Waals surface area contributed by atoms with Gasteiger partial charge in [0.25, 0.3) is 0 Å². The van der Waals surface area contributed by atoms with Gasteiger partial charge in [-0.25, -0.2) is 0 Å². The van der Waals surface area contributed by atoms with Crippen molar-refractivity contribution in [2.45, 2.75) is 12.2 Å². The Morgan fingerprint density at radius 2 is 0.612 bits per heavy atom. The Morgan fingerprint density at radius 1 is 0.284 bits per heavy atom. The summed E-state index contributed by atoms with van der Waals surface area (Å²) in [5.74, 6) is 0. The molecular formula is C64H48N3-. The number of anilines is 3. The number of hydrogen-bond donors (Lipinski definition) is 1. The summed E-state index contributed by atoms with van der Waals surface area (Å²) in [7, 11) is 0. The smallest absolute Gasteiger partial charge is 0.0489 e. The molecule has 0 saturated heterocycles. The highest BCUT2D eigenvalue weighted by atomic mass is 15.2. The van der Waals surface area contributed by atoms with Crippen molar-refractivity contribution >= 4 is 22.8 Å². The lowest BCUT2D eigenvalue weighted by Crippen LogP contribution is -2.28. The van der Waals surface area contributed by atoms with E-state index >= 15 is 0 Å². The lowest BCUT2D eigenvalue weighted by atomic mass is 9.95. The van der Waals surface area contributed by atoms with E-state index in [9.17, 15) is 0 Å². The van der Waals surface area contributed by atoms with Crippen LogP contribution >= 0.6 is 0 Å². The van der Waals surface area contributed by atoms with E-state index in [0.717, 1.165) is 45.0 Å². The molecule has 67 heavy (non-hydrogen) atoms. The Morgan fingerprint density at radius 3 is 1.06 bits per heavy atom. The van der Waals surface area contributed by atoms with Gasteiger partial charge in [0.15, 0.2) is 0 Å². The summed E-state index contributed by atoms with van der Waals surface area (Å²) in [6, 6.07) is 95.4. The van der Waals surface area contributed by atoms with Crippen LogP contribution in [0.3, 0.4) is 0 Å². The van der Waals surface area contributed by atoms with Crippen molar-refractivity contribution in [2.75, 3.05) is 4.90 Å². The van der Waals surface area contributed by atoms with Crippen molar-refractivity contribution in [1.29, 1.82) is 0 Å². The molecule has 10 aromatic rings. The molecule has 1 aliphatic rings. The number of nitrogens with zero attached hydrogens (tertiary/aromatic N) is 2. The molecule has 11 rings (SSSR count). The van der Waals surface area contributed by atoms with Crippen LogP contribution in [-0.4, -0.2) is 0 Å². The van der Waals surface area contributed by atoms with Gasteiger partial charge in [-0.15, -0.1) is 5.70 Å². The second-order valence-electron chi connectivity index (χ2n) is 17.0. The van der Waals surface area contributed by atoms with Crippen LogP contribution in [0.25, 0.3) is 66.6 Å². The van der Waals surface area contributed by atoms with Crippen LogP contribution in [-0.2, 0) is 0 Å². The summed E-state index contributed by atoms with van der Waals surface area (Å²) >= 11 is 0. The minimum Gasteiger partial charge on any atom is -0.666 e. The van der Waals surface area contributed by atoms with Gasteiger partial charge >= 0.3 is 0 Å². The first kappa shape index (κ1) is 41.2. The monoisotopic (exact) mass is 858 g/mol. The first-order valence-electron chi connectivity index (χ1n) is 23.0. The molecule has 1 heterocycles. The number of rotatable bonds is 11. The molecule has 0 saturated carbocycles. The van der Waals surface area contributed by atoms with E-state index < -0.39 is 0 Å². The Labute approximate surface area is 394 Å². The molecule has 2 atom stereocenters. The van der Waals surface area contributed by atoms with E-state index in [0.29, 0.717) is 0 Å². The highest BCUT2D eigenvalue weighted by Gasteiger charge is 2.18. The second kappa shape index (κ2) is 18.9. The lowest BCUT2D eigenvalue weighted by molar-refractivity contribution is 0.541. The molecule has 3 heteroatoms. The van der Waals surface area contributed by atoms with E-state index in [4.69, 9.17) is 5.32 Å². The molecule has 0 radical (unpaired) electrons. The zero-order chi connectivity index (χ0) is 44.8. The van der Waals surface area contributed by atoms with Gasteiger partial charge in [-0.05, 0) is 121 Å². The average Bonchev–Trinajstić information content (AvgIpc) is 3.42. The summed E-state index contributed by atoms with van der Waals surface area (Å²) in [4.78, 5) is 2.34. The van der Waals surface area contributed by atoms with Gasteiger partial charge in [0.05, 0.1) is 0 Å². The van der Waals surface area contributed by atoms with Crippen LogP contribution in [0.1, 0.15) is 28.9 Å². The van der Waals surface area contributed by atoms with E-state index in [1.54, 1.807) is 0 Å². The van der Waals surface area contributed by atoms with Gasteiger partial charge in [-0.3, -0.25) is 0 Å². The summed E-state index contributed by atoms with van der Waals surface area (Å²) in [6.07, 6.45) is 2.09. The molecule has 0 amide bonds. The van der Waals surface area contributed by atoms with Crippen LogP contribution in [0, 0.1) is 0 Å². The highest BCUT2D eigenvalue weighted by molar-refractivity contribution is 5.83. The molecule has 320 valence electrons. The summed E-state index contributed by atoms with van der Waals surface area (Å²) in [5, 5.41) is 9.06. The first-order valence-corrected chi connectivity index (χ1v) is 23.0. The van der Waals surface area contributed by atoms with Gasteiger partial charge in [0.2, 0.25) is 0 Å². The lowest BCUT2D eigenvalue weighted by Gasteiger charge is -2.44. The Kier molecular flexibility index (Phi) is 11.6. The van der Waals surface area contributed by atoms with E-state index in [-0.39, 0.29) is 12.2 Å². The van der Waals surface area contributed by atoms with Gasteiger partial charge < -0.3 is 15.5 Å². The molecule has 0 bridgehead atoms. The third-order valence-electron chi connectivity index (χ3n) is 12.7. The van der Waals surface area contributed by atoms with Crippen molar-refractivity contribution in [2.24, 2.45) is 0 Å². The molecule has 0 spiro atoms. The molecular weight excluding hydrogens is 811 g/mol. The van der Waals surface area contributed by atoms with Crippen LogP contribution in [0.2, 0.25) is 0 Å². The third kappa shape index (κ3) is 9.10. The molecule has 0 fully saturated rings. The SMILES string of the molecule is C1=C(c2ccc(-c3ccc(N(c4ccc(-c5ccccc5)cc4)c4ccc(-c5cccc(-c6ccccc6)c5)cc4)cc3)cc2)[N-]C(c2ccccc2)NC1c1ccc(-c2ccccc2)cc1. The van der Waals surface area contributed by atoms with Gasteiger partial charge in [0, 0.05) is 23.1 Å². The third-order valence-corrected chi connectivity index (χ3v) is 12.7. The van der Waals surface area contributed by atoms with Crippen molar-refractivity contribution in [3.63, 3.8) is 0 Å². The molecule has 1 aliphatic heterocycles. The van der Waals surface area contributed by atoms with Crippen molar-refractivity contribution in [3.05, 3.63) is 295 Å². The van der Waals surface area contributed by atoms with Crippen LogP contribution in [0.5, 0.6) is 0 Å². The zero-order valence-electron chi connectivity index (χ0n) is 37.0. The number of benzene rings is 10. The van der Waals surface area contributed by atoms with E-state index in [1.807, 2.05) is 0 Å². The van der Waals surface area contributed by atoms with E-state index in [2.05, 4.69) is 283 Å². The molecule has 0 aliphatic carbocycles. The predicted molar refractivity (Wildman–Crippen MR) is 281 cm³/mol. The normalized spacial score (nSPS) is 14.4. The topological polar surface area (TPSA) is 29.4 Å². The second-order valence-corrected chi connectivity index (χ2v) is 17.0. The van der Waals surface area contributed by atoms with Gasteiger partial charge in [0.1, 0.15) is 0 Å². The van der Waals surface area contributed by atoms with Crippen LogP contribution in [0.4, 0.5) is 17.1 Å². The fraction of sp³-hybridized carbons (Fsp3) is 0.0312. The first-order chi connectivity index (χ1) is 33.2. The quantitative estimate of drug-likeness (QED) is 0.140. The fourth-order valence-electron chi connectivity index (χ4n) is 9.11. The van der Waals surface area contributed by atoms with Gasteiger partial charge in [-0.2, -0.15) is 0 Å². The minimum atomic E-state index is -0.174. The molecule has 3 nitrogen and oxygen atoms in total. The number of nitrogens with one attached hydrogen (secondary N) is 1. The Balaban J connectivity index is 0.875. The fourth-order valence-corrected chi connectivity index (χ4v) is 9.11. The van der Waals surface area contributed by atoms with E-state index in [1.165, 1.54) is 50.1 Å². The summed E-state index contributed by atoms with van der Waals surface area (Å²) < 4.78 is 0. The average molecular weight is 859 g/mol. The molecule has 0 aromatic heterocycles. The largest absolute Gasteiger partial charge is 0.666 e. The van der Waals surface area contributed by atoms with Crippen molar-refractivity contribution in [1.82, 2.24) is 5.32 Å². The van der Waals surface area contributed by atoms with Crippen LogP contribution < -0.4 is 10.2 Å².